The largest absolute Gasteiger partial charge is 0.478 e. The first kappa shape index (κ1) is 21.2. The van der Waals surface area contributed by atoms with Crippen LogP contribution in [0.2, 0.25) is 0 Å². The van der Waals surface area contributed by atoms with Crippen molar-refractivity contribution in [1.82, 2.24) is 15.8 Å². The molecule has 1 saturated carbocycles. The minimum atomic E-state index is -4.94. The number of nitrogens with zero attached hydrogens (tertiary/aromatic N) is 2. The molecule has 6 nitrogen and oxygen atoms in total. The molecule has 0 heterocycles. The summed E-state index contributed by atoms with van der Waals surface area (Å²) in [6.07, 6.45) is -2.32. The first-order chi connectivity index (χ1) is 11.5. The highest BCUT2D eigenvalue weighted by molar-refractivity contribution is 5.84. The molecule has 25 heavy (non-hydrogen) atoms. The Morgan fingerprint density at radius 3 is 2.20 bits per heavy atom. The van der Waals surface area contributed by atoms with Crippen LogP contribution in [0.5, 0.6) is 0 Å². The van der Waals surface area contributed by atoms with Gasteiger partial charge in [0.15, 0.2) is 0 Å². The van der Waals surface area contributed by atoms with Crippen LogP contribution in [0.25, 0.3) is 0 Å². The quantitative estimate of drug-likeness (QED) is 0.582. The minimum Gasteiger partial charge on any atom is -0.350 e. The van der Waals surface area contributed by atoms with Gasteiger partial charge in [-0.1, -0.05) is 19.3 Å². The minimum absolute atomic E-state index is 0.232. The Morgan fingerprint density at radius 2 is 1.76 bits per heavy atom. The average Bonchev–Trinajstić information content (AvgIpc) is 2.45. The normalized spacial score (nSPS) is 17.7. The number of hydrogen-bond acceptors (Lipinski definition) is 4. The molecule has 1 aliphatic rings. The summed E-state index contributed by atoms with van der Waals surface area (Å²) in [6, 6.07) is -0.0638. The standard InChI is InChI=1S/C16H25F3N4O2/c1-15(2,3)21-14(25)13(11-7-5-4-6-8-11)23(16(17,18)19)22-12(24)9-10-20/h11,13H,4-9H2,1-3H3,(H,21,25)(H,22,24). The average molecular weight is 362 g/mol. The number of nitrogens with one attached hydrogen (secondary N) is 2. The van der Waals surface area contributed by atoms with Crippen molar-refractivity contribution in [2.45, 2.75) is 77.2 Å². The summed E-state index contributed by atoms with van der Waals surface area (Å²) in [5.74, 6) is -2.40. The molecule has 0 spiro atoms. The highest BCUT2D eigenvalue weighted by Crippen LogP contribution is 2.33. The van der Waals surface area contributed by atoms with E-state index in [0.29, 0.717) is 12.8 Å². The van der Waals surface area contributed by atoms with Gasteiger partial charge in [0.25, 0.3) is 0 Å². The van der Waals surface area contributed by atoms with Crippen molar-refractivity contribution < 1.29 is 22.8 Å². The van der Waals surface area contributed by atoms with Gasteiger partial charge in [-0.2, -0.15) is 18.4 Å². The maximum Gasteiger partial charge on any atom is 0.478 e. The van der Waals surface area contributed by atoms with Crippen molar-refractivity contribution in [3.05, 3.63) is 0 Å². The second-order valence-electron chi connectivity index (χ2n) is 7.29. The SMILES string of the molecule is CC(C)(C)NC(=O)C(C1CCCCC1)N(NC(=O)CC#N)C(F)(F)F. The van der Waals surface area contributed by atoms with Crippen LogP contribution in [0.15, 0.2) is 0 Å². The Hall–Kier alpha value is -1.82. The number of carbonyl (C=O) groups is 2. The predicted octanol–water partition coefficient (Wildman–Crippen LogP) is 2.62. The maximum atomic E-state index is 13.6. The highest BCUT2D eigenvalue weighted by atomic mass is 19.4. The van der Waals surface area contributed by atoms with Gasteiger partial charge >= 0.3 is 6.30 Å². The van der Waals surface area contributed by atoms with Crippen LogP contribution in [-0.2, 0) is 9.59 Å². The van der Waals surface area contributed by atoms with Crippen LogP contribution in [-0.4, -0.2) is 34.7 Å². The zero-order valence-corrected chi connectivity index (χ0v) is 14.7. The molecule has 0 aromatic heterocycles. The van der Waals surface area contributed by atoms with E-state index in [1.165, 1.54) is 6.07 Å². The van der Waals surface area contributed by atoms with E-state index in [2.05, 4.69) is 5.32 Å². The molecule has 0 aliphatic heterocycles. The summed E-state index contributed by atoms with van der Waals surface area (Å²) in [7, 11) is 0. The molecule has 0 saturated heterocycles. The van der Waals surface area contributed by atoms with Gasteiger partial charge in [0.05, 0.1) is 6.07 Å². The van der Waals surface area contributed by atoms with Crippen molar-refractivity contribution >= 4 is 11.8 Å². The third-order valence-electron chi connectivity index (χ3n) is 3.90. The lowest BCUT2D eigenvalue weighted by Crippen LogP contribution is -2.64. The second-order valence-corrected chi connectivity index (χ2v) is 7.29. The molecule has 0 aromatic rings. The number of amides is 2. The van der Waals surface area contributed by atoms with Crippen LogP contribution in [0.1, 0.15) is 59.3 Å². The molecular formula is C16H25F3N4O2. The summed E-state index contributed by atoms with van der Waals surface area (Å²) in [6.45, 7) is 5.03. The van der Waals surface area contributed by atoms with Crippen LogP contribution in [0.4, 0.5) is 13.2 Å². The van der Waals surface area contributed by atoms with Gasteiger partial charge in [-0.15, -0.1) is 5.01 Å². The van der Waals surface area contributed by atoms with E-state index in [4.69, 9.17) is 5.26 Å². The Labute approximate surface area is 145 Å². The number of hydrogen-bond donors (Lipinski definition) is 2. The summed E-state index contributed by atoms with van der Waals surface area (Å²) in [5.41, 5.74) is 0.998. The molecule has 2 N–H and O–H groups in total. The van der Waals surface area contributed by atoms with Gasteiger partial charge in [-0.25, -0.2) is 0 Å². The van der Waals surface area contributed by atoms with Gasteiger partial charge < -0.3 is 5.32 Å². The molecule has 0 bridgehead atoms. The lowest BCUT2D eigenvalue weighted by atomic mass is 9.83. The number of rotatable bonds is 5. The van der Waals surface area contributed by atoms with Gasteiger partial charge in [-0.3, -0.25) is 15.0 Å². The number of halogens is 3. The number of hydrazine groups is 1. The predicted molar refractivity (Wildman–Crippen MR) is 84.5 cm³/mol. The number of alkyl halides is 3. The molecule has 9 heteroatoms. The van der Waals surface area contributed by atoms with Gasteiger partial charge in [0.1, 0.15) is 12.5 Å². The Morgan fingerprint density at radius 1 is 1.20 bits per heavy atom. The molecule has 1 fully saturated rings. The fourth-order valence-electron chi connectivity index (χ4n) is 2.97. The third-order valence-corrected chi connectivity index (χ3v) is 3.90. The van der Waals surface area contributed by atoms with E-state index in [1.54, 1.807) is 26.2 Å². The number of nitriles is 1. The Bertz CT molecular complexity index is 517. The Balaban J connectivity index is 3.16. The molecule has 142 valence electrons. The molecule has 1 aliphatic carbocycles. The molecule has 0 radical (unpaired) electrons. The maximum absolute atomic E-state index is 13.6. The van der Waals surface area contributed by atoms with E-state index < -0.39 is 42.0 Å². The van der Waals surface area contributed by atoms with E-state index in [-0.39, 0.29) is 5.01 Å². The highest BCUT2D eigenvalue weighted by Gasteiger charge is 2.49. The van der Waals surface area contributed by atoms with E-state index >= 15 is 0 Å². The zero-order valence-electron chi connectivity index (χ0n) is 14.7. The van der Waals surface area contributed by atoms with Crippen molar-refractivity contribution in [3.8, 4) is 6.07 Å². The smallest absolute Gasteiger partial charge is 0.350 e. The molecule has 1 rings (SSSR count). The number of carbonyl (C=O) groups excluding carboxylic acids is 2. The van der Waals surface area contributed by atoms with E-state index in [0.717, 1.165) is 19.3 Å². The topological polar surface area (TPSA) is 85.2 Å². The monoisotopic (exact) mass is 362 g/mol. The fraction of sp³-hybridized carbons (Fsp3) is 0.812. The van der Waals surface area contributed by atoms with Crippen LogP contribution in [0.3, 0.4) is 0 Å². The zero-order chi connectivity index (χ0) is 19.3. The first-order valence-electron chi connectivity index (χ1n) is 8.30. The van der Waals surface area contributed by atoms with E-state index in [1.807, 2.05) is 0 Å². The van der Waals surface area contributed by atoms with Crippen molar-refractivity contribution in [2.24, 2.45) is 5.92 Å². The van der Waals surface area contributed by atoms with E-state index in [9.17, 15) is 22.8 Å². The van der Waals surface area contributed by atoms with Crippen molar-refractivity contribution in [3.63, 3.8) is 0 Å². The molecule has 2 amide bonds. The van der Waals surface area contributed by atoms with Gasteiger partial charge in [0.2, 0.25) is 11.8 Å². The van der Waals surface area contributed by atoms with Crippen molar-refractivity contribution in [1.29, 1.82) is 5.26 Å². The summed E-state index contributed by atoms with van der Waals surface area (Å²) >= 11 is 0. The van der Waals surface area contributed by atoms with Crippen LogP contribution in [0, 0.1) is 17.2 Å². The Kier molecular flexibility index (Phi) is 7.23. The molecule has 0 aromatic carbocycles. The summed E-state index contributed by atoms with van der Waals surface area (Å²) < 4.78 is 40.7. The molecule has 1 unspecified atom stereocenters. The summed E-state index contributed by atoms with van der Waals surface area (Å²) in [4.78, 5) is 24.2. The van der Waals surface area contributed by atoms with Gasteiger partial charge in [-0.05, 0) is 39.5 Å². The lowest BCUT2D eigenvalue weighted by molar-refractivity contribution is -0.278. The van der Waals surface area contributed by atoms with Crippen molar-refractivity contribution in [2.75, 3.05) is 0 Å². The molecule has 1 atom stereocenters. The first-order valence-corrected chi connectivity index (χ1v) is 8.30. The molecular weight excluding hydrogens is 337 g/mol. The summed E-state index contributed by atoms with van der Waals surface area (Å²) in [5, 5.41) is 10.9. The third kappa shape index (κ3) is 6.90. The van der Waals surface area contributed by atoms with Gasteiger partial charge in [0, 0.05) is 5.54 Å². The van der Waals surface area contributed by atoms with Crippen LogP contribution >= 0.6 is 0 Å². The lowest BCUT2D eigenvalue weighted by Gasteiger charge is -2.39. The van der Waals surface area contributed by atoms with Crippen LogP contribution < -0.4 is 10.7 Å². The fourth-order valence-corrected chi connectivity index (χ4v) is 2.97. The second kappa shape index (κ2) is 8.52.